The molecule has 3 aromatic rings. The Morgan fingerprint density at radius 1 is 1.00 bits per heavy atom. The summed E-state index contributed by atoms with van der Waals surface area (Å²) < 4.78 is 10.8. The number of amides is 1. The zero-order chi connectivity index (χ0) is 20.8. The Morgan fingerprint density at radius 2 is 1.73 bits per heavy atom. The second-order valence-corrected chi connectivity index (χ2v) is 7.18. The third-order valence-electron chi connectivity index (χ3n) is 4.63. The van der Waals surface area contributed by atoms with Crippen LogP contribution in [0.15, 0.2) is 60.7 Å². The topological polar surface area (TPSA) is 76.6 Å². The number of aromatic nitrogens is 2. The fourth-order valence-corrected chi connectivity index (χ4v) is 3.17. The van der Waals surface area contributed by atoms with Crippen LogP contribution in [0, 0.1) is 0 Å². The average Bonchev–Trinajstić information content (AvgIpc) is 2.80. The van der Waals surface area contributed by atoms with Crippen LogP contribution in [-0.4, -0.2) is 49.0 Å². The standard InChI is InChI=1S/C22H21ClN4O3/c23-17-3-7-19(8-4-17)30-15-22(28)24-18-5-1-16(2-6-18)20-9-10-21(26-25-20)27-11-13-29-14-12-27/h1-10H,11-15H2,(H,24,28). The van der Waals surface area contributed by atoms with Crippen molar-refractivity contribution < 1.29 is 14.3 Å². The smallest absolute Gasteiger partial charge is 0.262 e. The van der Waals surface area contributed by atoms with Crippen LogP contribution in [0.2, 0.25) is 5.02 Å². The number of carbonyl (C=O) groups is 1. The molecule has 154 valence electrons. The fraction of sp³-hybridized carbons (Fsp3) is 0.227. The molecular formula is C22H21ClN4O3. The molecule has 0 unspecified atom stereocenters. The monoisotopic (exact) mass is 424 g/mol. The van der Waals surface area contributed by atoms with Gasteiger partial charge in [-0.25, -0.2) is 0 Å². The normalized spacial score (nSPS) is 13.7. The summed E-state index contributed by atoms with van der Waals surface area (Å²) in [4.78, 5) is 14.3. The van der Waals surface area contributed by atoms with Gasteiger partial charge in [0.2, 0.25) is 0 Å². The average molecular weight is 425 g/mol. The Hall–Kier alpha value is -3.16. The molecule has 1 saturated heterocycles. The summed E-state index contributed by atoms with van der Waals surface area (Å²) in [5, 5.41) is 12.1. The number of anilines is 2. The maximum atomic E-state index is 12.1. The Bertz CT molecular complexity index is 973. The van der Waals surface area contributed by atoms with Crippen molar-refractivity contribution in [3.05, 3.63) is 65.7 Å². The second kappa shape index (κ2) is 9.56. The first-order valence-corrected chi connectivity index (χ1v) is 10.0. The summed E-state index contributed by atoms with van der Waals surface area (Å²) in [6.07, 6.45) is 0. The van der Waals surface area contributed by atoms with Gasteiger partial charge in [0, 0.05) is 29.4 Å². The molecule has 1 amide bonds. The largest absolute Gasteiger partial charge is 0.484 e. The van der Waals surface area contributed by atoms with Crippen molar-refractivity contribution in [2.75, 3.05) is 43.1 Å². The van der Waals surface area contributed by atoms with E-state index in [1.807, 2.05) is 36.4 Å². The van der Waals surface area contributed by atoms with Crippen molar-refractivity contribution in [2.45, 2.75) is 0 Å². The van der Waals surface area contributed by atoms with E-state index >= 15 is 0 Å². The molecule has 1 N–H and O–H groups in total. The van der Waals surface area contributed by atoms with Crippen LogP contribution in [0.25, 0.3) is 11.3 Å². The summed E-state index contributed by atoms with van der Waals surface area (Å²) in [5.41, 5.74) is 2.38. The van der Waals surface area contributed by atoms with Crippen LogP contribution in [-0.2, 0) is 9.53 Å². The van der Waals surface area contributed by atoms with E-state index in [1.54, 1.807) is 24.3 Å². The van der Waals surface area contributed by atoms with E-state index in [-0.39, 0.29) is 12.5 Å². The quantitative estimate of drug-likeness (QED) is 0.650. The van der Waals surface area contributed by atoms with Crippen LogP contribution in [0.3, 0.4) is 0 Å². The van der Waals surface area contributed by atoms with Crippen LogP contribution < -0.4 is 15.0 Å². The number of carbonyl (C=O) groups excluding carboxylic acids is 1. The highest BCUT2D eigenvalue weighted by Crippen LogP contribution is 2.21. The number of hydrogen-bond acceptors (Lipinski definition) is 6. The van der Waals surface area contributed by atoms with Gasteiger partial charge in [-0.2, -0.15) is 0 Å². The minimum atomic E-state index is -0.243. The fourth-order valence-electron chi connectivity index (χ4n) is 3.04. The van der Waals surface area contributed by atoms with Gasteiger partial charge in [-0.15, -0.1) is 10.2 Å². The molecule has 0 saturated carbocycles. The molecule has 7 nitrogen and oxygen atoms in total. The Balaban J connectivity index is 1.32. The number of halogens is 1. The SMILES string of the molecule is O=C(COc1ccc(Cl)cc1)Nc1ccc(-c2ccc(N3CCOCC3)nn2)cc1. The van der Waals surface area contributed by atoms with Crippen molar-refractivity contribution >= 4 is 29.0 Å². The van der Waals surface area contributed by atoms with Crippen LogP contribution in [0.5, 0.6) is 5.75 Å². The van der Waals surface area contributed by atoms with Gasteiger partial charge in [-0.3, -0.25) is 4.79 Å². The van der Waals surface area contributed by atoms with Gasteiger partial charge < -0.3 is 19.7 Å². The third-order valence-corrected chi connectivity index (χ3v) is 4.89. The molecular weight excluding hydrogens is 404 g/mol. The Morgan fingerprint density at radius 3 is 2.40 bits per heavy atom. The first kappa shape index (κ1) is 20.1. The molecule has 1 aliphatic rings. The highest BCUT2D eigenvalue weighted by Gasteiger charge is 2.13. The van der Waals surface area contributed by atoms with E-state index in [2.05, 4.69) is 20.4 Å². The van der Waals surface area contributed by atoms with Gasteiger partial charge in [0.05, 0.1) is 18.9 Å². The molecule has 2 heterocycles. The summed E-state index contributed by atoms with van der Waals surface area (Å²) in [7, 11) is 0. The zero-order valence-electron chi connectivity index (χ0n) is 16.3. The van der Waals surface area contributed by atoms with E-state index in [4.69, 9.17) is 21.1 Å². The van der Waals surface area contributed by atoms with Gasteiger partial charge in [0.1, 0.15) is 5.75 Å². The molecule has 8 heteroatoms. The van der Waals surface area contributed by atoms with Crippen LogP contribution in [0.4, 0.5) is 11.5 Å². The molecule has 0 radical (unpaired) electrons. The number of nitrogens with zero attached hydrogens (tertiary/aromatic N) is 3. The highest BCUT2D eigenvalue weighted by atomic mass is 35.5. The molecule has 2 aromatic carbocycles. The molecule has 0 spiro atoms. The van der Waals surface area contributed by atoms with Gasteiger partial charge in [-0.05, 0) is 48.5 Å². The molecule has 0 atom stereocenters. The maximum Gasteiger partial charge on any atom is 0.262 e. The molecule has 4 rings (SSSR count). The lowest BCUT2D eigenvalue weighted by atomic mass is 10.1. The minimum absolute atomic E-state index is 0.0855. The van der Waals surface area contributed by atoms with Crippen molar-refractivity contribution in [1.29, 1.82) is 0 Å². The lowest BCUT2D eigenvalue weighted by Crippen LogP contribution is -2.36. The summed E-state index contributed by atoms with van der Waals surface area (Å²) >= 11 is 5.83. The minimum Gasteiger partial charge on any atom is -0.484 e. The molecule has 0 aliphatic carbocycles. The van der Waals surface area contributed by atoms with Crippen molar-refractivity contribution in [1.82, 2.24) is 10.2 Å². The number of nitrogens with one attached hydrogen (secondary N) is 1. The first-order chi connectivity index (χ1) is 14.7. The van der Waals surface area contributed by atoms with Crippen molar-refractivity contribution in [3.8, 4) is 17.0 Å². The maximum absolute atomic E-state index is 12.1. The Kier molecular flexibility index (Phi) is 6.41. The van der Waals surface area contributed by atoms with E-state index in [9.17, 15) is 4.79 Å². The summed E-state index contributed by atoms with van der Waals surface area (Å²) in [5.74, 6) is 1.20. The highest BCUT2D eigenvalue weighted by molar-refractivity contribution is 6.30. The second-order valence-electron chi connectivity index (χ2n) is 6.74. The number of hydrogen-bond donors (Lipinski definition) is 1. The first-order valence-electron chi connectivity index (χ1n) is 9.62. The van der Waals surface area contributed by atoms with Gasteiger partial charge in [-0.1, -0.05) is 23.7 Å². The zero-order valence-corrected chi connectivity index (χ0v) is 17.0. The lowest BCUT2D eigenvalue weighted by molar-refractivity contribution is -0.118. The van der Waals surface area contributed by atoms with Crippen molar-refractivity contribution in [2.24, 2.45) is 0 Å². The molecule has 0 bridgehead atoms. The van der Waals surface area contributed by atoms with Crippen LogP contribution >= 0.6 is 11.6 Å². The number of benzene rings is 2. The molecule has 30 heavy (non-hydrogen) atoms. The summed E-state index contributed by atoms with van der Waals surface area (Å²) in [6, 6.07) is 18.2. The van der Waals surface area contributed by atoms with E-state index in [0.29, 0.717) is 29.7 Å². The Labute approximate surface area is 179 Å². The summed E-state index contributed by atoms with van der Waals surface area (Å²) in [6.45, 7) is 2.98. The third kappa shape index (κ3) is 5.25. The van der Waals surface area contributed by atoms with E-state index in [0.717, 1.165) is 30.2 Å². The molecule has 1 fully saturated rings. The molecule has 1 aromatic heterocycles. The number of rotatable bonds is 6. The number of morpholine rings is 1. The van der Waals surface area contributed by atoms with Gasteiger partial charge in [0.25, 0.3) is 5.91 Å². The van der Waals surface area contributed by atoms with E-state index in [1.165, 1.54) is 0 Å². The number of ether oxygens (including phenoxy) is 2. The van der Waals surface area contributed by atoms with Gasteiger partial charge >= 0.3 is 0 Å². The molecule has 1 aliphatic heterocycles. The van der Waals surface area contributed by atoms with Gasteiger partial charge in [0.15, 0.2) is 12.4 Å². The lowest BCUT2D eigenvalue weighted by Gasteiger charge is -2.27. The predicted octanol–water partition coefficient (Wildman–Crippen LogP) is 3.65. The predicted molar refractivity (Wildman–Crippen MR) is 116 cm³/mol. The van der Waals surface area contributed by atoms with E-state index < -0.39 is 0 Å². The van der Waals surface area contributed by atoms with Crippen molar-refractivity contribution in [3.63, 3.8) is 0 Å². The van der Waals surface area contributed by atoms with Crippen LogP contribution in [0.1, 0.15) is 0 Å².